The summed E-state index contributed by atoms with van der Waals surface area (Å²) in [7, 11) is 0. The van der Waals surface area contributed by atoms with Gasteiger partial charge in [-0.1, -0.05) is 0 Å². The molecular formula is C4H7ClOS. The van der Waals surface area contributed by atoms with Gasteiger partial charge in [0.2, 0.25) is 0 Å². The molecule has 3 heteroatoms. The van der Waals surface area contributed by atoms with Crippen molar-refractivity contribution in [3.05, 3.63) is 0 Å². The Morgan fingerprint density at radius 1 is 2.00 bits per heavy atom. The lowest BCUT2D eigenvalue weighted by molar-refractivity contribution is -0.110. The summed E-state index contributed by atoms with van der Waals surface area (Å²) in [6, 6.07) is 0. The average Bonchev–Trinajstić information content (AvgIpc) is 1.27. The van der Waals surface area contributed by atoms with Gasteiger partial charge in [0.25, 0.3) is 0 Å². The van der Waals surface area contributed by atoms with Gasteiger partial charge in [-0.15, -0.1) is 24.2 Å². The highest BCUT2D eigenvalue weighted by Crippen LogP contribution is 2.01. The van der Waals surface area contributed by atoms with Gasteiger partial charge in [0, 0.05) is 11.8 Å². The highest BCUT2D eigenvalue weighted by atomic mass is 35.5. The third-order valence-corrected chi connectivity index (χ3v) is 0.793. The molecule has 0 aromatic rings. The first-order valence-electron chi connectivity index (χ1n) is 1.99. The molecular weight excluding hydrogens is 132 g/mol. The van der Waals surface area contributed by atoms with E-state index in [1.165, 1.54) is 0 Å². The fraction of sp³-hybridized carbons (Fsp3) is 0.750. The standard InChI is InChI=1S/C4H7ClOS/c1-3(5)2-4(6)7/h3H,2H2,1H3,(H,6,7). The molecule has 0 fully saturated rings. The third kappa shape index (κ3) is 6.31. The number of rotatable bonds is 2. The molecule has 0 spiro atoms. The maximum absolute atomic E-state index is 10.0. The molecule has 0 saturated carbocycles. The maximum Gasteiger partial charge on any atom is 0.187 e. The Balaban J connectivity index is 3.13. The Bertz CT molecular complexity index is 72.1. The maximum atomic E-state index is 10.0. The molecule has 0 aliphatic heterocycles. The molecule has 7 heavy (non-hydrogen) atoms. The van der Waals surface area contributed by atoms with E-state index in [0.717, 1.165) is 0 Å². The number of thiol groups is 1. The summed E-state index contributed by atoms with van der Waals surface area (Å²) in [4.78, 5) is 10.0. The van der Waals surface area contributed by atoms with Crippen molar-refractivity contribution in [1.29, 1.82) is 0 Å². The quantitative estimate of drug-likeness (QED) is 0.452. The first-order chi connectivity index (χ1) is 3.13. The van der Waals surface area contributed by atoms with Crippen LogP contribution in [0.25, 0.3) is 0 Å². The second-order valence-electron chi connectivity index (χ2n) is 1.38. The van der Waals surface area contributed by atoms with Crippen molar-refractivity contribution in [2.24, 2.45) is 0 Å². The number of halogens is 1. The van der Waals surface area contributed by atoms with Gasteiger partial charge < -0.3 is 0 Å². The average molecular weight is 139 g/mol. The molecule has 0 aliphatic rings. The smallest absolute Gasteiger partial charge is 0.187 e. The van der Waals surface area contributed by atoms with E-state index in [2.05, 4.69) is 12.6 Å². The monoisotopic (exact) mass is 138 g/mol. The molecule has 1 atom stereocenters. The van der Waals surface area contributed by atoms with E-state index in [4.69, 9.17) is 11.6 Å². The molecule has 0 radical (unpaired) electrons. The molecule has 0 saturated heterocycles. The summed E-state index contributed by atoms with van der Waals surface area (Å²) >= 11 is 8.92. The van der Waals surface area contributed by atoms with Crippen LogP contribution in [0.4, 0.5) is 0 Å². The summed E-state index contributed by atoms with van der Waals surface area (Å²) in [6.07, 6.45) is 0.352. The van der Waals surface area contributed by atoms with Crippen molar-refractivity contribution in [2.45, 2.75) is 18.7 Å². The predicted molar refractivity (Wildman–Crippen MR) is 33.9 cm³/mol. The fourth-order valence-electron chi connectivity index (χ4n) is 0.241. The van der Waals surface area contributed by atoms with Crippen LogP contribution in [0.5, 0.6) is 0 Å². The van der Waals surface area contributed by atoms with E-state index < -0.39 is 0 Å². The van der Waals surface area contributed by atoms with E-state index in [9.17, 15) is 4.79 Å². The van der Waals surface area contributed by atoms with Crippen LogP contribution in [0.3, 0.4) is 0 Å². The number of carbonyl (C=O) groups excluding carboxylic acids is 1. The Morgan fingerprint density at radius 2 is 2.43 bits per heavy atom. The van der Waals surface area contributed by atoms with E-state index in [-0.39, 0.29) is 10.5 Å². The van der Waals surface area contributed by atoms with Crippen molar-refractivity contribution < 1.29 is 4.79 Å². The van der Waals surface area contributed by atoms with Crippen LogP contribution in [0, 0.1) is 0 Å². The zero-order valence-electron chi connectivity index (χ0n) is 4.02. The SMILES string of the molecule is CC(Cl)CC(=O)S. The van der Waals surface area contributed by atoms with E-state index in [1.807, 2.05) is 0 Å². The normalized spacial score (nSPS) is 13.6. The summed E-state index contributed by atoms with van der Waals surface area (Å²) in [6.45, 7) is 1.76. The van der Waals surface area contributed by atoms with Crippen LogP contribution >= 0.6 is 24.2 Å². The largest absolute Gasteiger partial charge is 0.287 e. The molecule has 42 valence electrons. The summed E-state index contributed by atoms with van der Waals surface area (Å²) in [5.41, 5.74) is 0. The van der Waals surface area contributed by atoms with E-state index >= 15 is 0 Å². The number of hydrogen-bond donors (Lipinski definition) is 1. The highest BCUT2D eigenvalue weighted by Gasteiger charge is 1.98. The van der Waals surface area contributed by atoms with Gasteiger partial charge in [-0.2, -0.15) is 0 Å². The number of alkyl halides is 1. The van der Waals surface area contributed by atoms with Gasteiger partial charge in [-0.05, 0) is 6.92 Å². The molecule has 0 rings (SSSR count). The molecule has 1 nitrogen and oxygen atoms in total. The molecule has 0 amide bonds. The molecule has 0 aromatic carbocycles. The highest BCUT2D eigenvalue weighted by molar-refractivity contribution is 7.96. The zero-order valence-corrected chi connectivity index (χ0v) is 5.67. The van der Waals surface area contributed by atoms with Gasteiger partial charge in [0.05, 0.1) is 0 Å². The minimum absolute atomic E-state index is 0.0787. The molecule has 0 aromatic heterocycles. The van der Waals surface area contributed by atoms with Gasteiger partial charge >= 0.3 is 0 Å². The fourth-order valence-corrected chi connectivity index (χ4v) is 0.762. The lowest BCUT2D eigenvalue weighted by Crippen LogP contribution is -1.95. The van der Waals surface area contributed by atoms with Crippen LogP contribution in [0.2, 0.25) is 0 Å². The Hall–Kier alpha value is 0.310. The Kier molecular flexibility index (Phi) is 3.48. The second-order valence-corrected chi connectivity index (χ2v) is 2.62. The minimum atomic E-state index is -0.150. The Morgan fingerprint density at radius 3 is 2.43 bits per heavy atom. The van der Waals surface area contributed by atoms with Gasteiger partial charge in [0.1, 0.15) is 0 Å². The van der Waals surface area contributed by atoms with Crippen LogP contribution < -0.4 is 0 Å². The number of hydrogen-bond acceptors (Lipinski definition) is 1. The molecule has 0 heterocycles. The van der Waals surface area contributed by atoms with Gasteiger partial charge in [0.15, 0.2) is 5.12 Å². The molecule has 0 bridgehead atoms. The zero-order chi connectivity index (χ0) is 5.86. The predicted octanol–water partition coefficient (Wildman–Crippen LogP) is 1.46. The first kappa shape index (κ1) is 7.31. The summed E-state index contributed by atoms with van der Waals surface area (Å²) in [5, 5.41) is -0.229. The molecule has 1 unspecified atom stereocenters. The van der Waals surface area contributed by atoms with Crippen molar-refractivity contribution in [1.82, 2.24) is 0 Å². The summed E-state index contributed by atoms with van der Waals surface area (Å²) in [5.74, 6) is 0. The Labute approximate surface area is 53.5 Å². The third-order valence-electron chi connectivity index (χ3n) is 0.456. The van der Waals surface area contributed by atoms with E-state index in [0.29, 0.717) is 6.42 Å². The second kappa shape index (κ2) is 3.33. The van der Waals surface area contributed by atoms with Crippen LogP contribution in [0.15, 0.2) is 0 Å². The molecule has 0 aliphatic carbocycles. The van der Waals surface area contributed by atoms with Crippen LogP contribution in [-0.4, -0.2) is 10.5 Å². The lowest BCUT2D eigenvalue weighted by atomic mass is 10.4. The van der Waals surface area contributed by atoms with Crippen LogP contribution in [0.1, 0.15) is 13.3 Å². The van der Waals surface area contributed by atoms with Crippen molar-refractivity contribution in [3.8, 4) is 0 Å². The van der Waals surface area contributed by atoms with Gasteiger partial charge in [-0.3, -0.25) is 4.79 Å². The van der Waals surface area contributed by atoms with Crippen molar-refractivity contribution in [2.75, 3.05) is 0 Å². The topological polar surface area (TPSA) is 17.1 Å². The van der Waals surface area contributed by atoms with E-state index in [1.54, 1.807) is 6.92 Å². The van der Waals surface area contributed by atoms with Crippen LogP contribution in [-0.2, 0) is 4.79 Å². The lowest BCUT2D eigenvalue weighted by Gasteiger charge is -1.92. The minimum Gasteiger partial charge on any atom is -0.287 e. The van der Waals surface area contributed by atoms with Crippen molar-refractivity contribution in [3.63, 3.8) is 0 Å². The molecule has 0 N–H and O–H groups in total. The number of carbonyl (C=O) groups is 1. The summed E-state index contributed by atoms with van der Waals surface area (Å²) < 4.78 is 0. The first-order valence-corrected chi connectivity index (χ1v) is 2.87. The van der Waals surface area contributed by atoms with Crippen molar-refractivity contribution >= 4 is 29.3 Å². The van der Waals surface area contributed by atoms with Gasteiger partial charge in [-0.25, -0.2) is 0 Å².